The zero-order chi connectivity index (χ0) is 46.0. The van der Waals surface area contributed by atoms with Crippen LogP contribution in [-0.2, 0) is 67.5 Å². The fourth-order valence-electron chi connectivity index (χ4n) is 4.83. The second-order valence-corrected chi connectivity index (χ2v) is 20.4. The highest BCUT2D eigenvalue weighted by Crippen LogP contribution is 2.72. The van der Waals surface area contributed by atoms with Gasteiger partial charge in [0.05, 0.1) is 0 Å². The first-order chi connectivity index (χ1) is 29.7. The van der Waals surface area contributed by atoms with Crippen LogP contribution in [0.2, 0.25) is 0 Å². The van der Waals surface area contributed by atoms with Crippen molar-refractivity contribution < 1.29 is 96.8 Å². The van der Waals surface area contributed by atoms with Gasteiger partial charge in [-0.05, 0) is 60.7 Å². The molecule has 1 saturated carbocycles. The Morgan fingerprint density at radius 3 is 0.460 bits per heavy atom. The maximum Gasteiger partial charge on any atom is 0.481 e. The van der Waals surface area contributed by atoms with E-state index in [1.165, 1.54) is 0 Å². The Morgan fingerprint density at radius 1 is 0.254 bits per heavy atom. The first kappa shape index (κ1) is 52.2. The second kappa shape index (κ2) is 24.2. The molecule has 1 aliphatic carbocycles. The van der Waals surface area contributed by atoms with E-state index >= 15 is 0 Å². The smallest absolute Gasteiger partial charge is 0.302 e. The zero-order valence-corrected chi connectivity index (χ0v) is 37.0. The third kappa shape index (κ3) is 19.3. The number of rotatable bonds is 0. The van der Waals surface area contributed by atoms with Crippen molar-refractivity contribution in [1.82, 2.24) is 24.9 Å². The van der Waals surface area contributed by atoms with E-state index in [2.05, 4.69) is 65.0 Å². The van der Waals surface area contributed by atoms with Crippen LogP contribution in [0.3, 0.4) is 0 Å². The van der Waals surface area contributed by atoms with Gasteiger partial charge >= 0.3 is 46.9 Å². The maximum absolute atomic E-state index is 12.1. The Hall–Kier alpha value is -3.47. The molecule has 6 N–H and O–H groups in total. The second-order valence-electron chi connectivity index (χ2n) is 11.6. The summed E-state index contributed by atoms with van der Waals surface area (Å²) in [5.74, 6) is 0. The van der Waals surface area contributed by atoms with E-state index in [0.29, 0.717) is 0 Å². The summed E-state index contributed by atoms with van der Waals surface area (Å²) in [5, 5.41) is 0. The van der Waals surface area contributed by atoms with Crippen LogP contribution in [0.1, 0.15) is 0 Å². The molecular formula is C31H37N5O21P6. The van der Waals surface area contributed by atoms with Crippen molar-refractivity contribution in [2.75, 3.05) is 0 Å². The summed E-state index contributed by atoms with van der Waals surface area (Å²) < 4.78 is 112. The lowest BCUT2D eigenvalue weighted by molar-refractivity contribution is -0.185. The first-order valence-corrected chi connectivity index (χ1v) is 26.1. The molecule has 6 unspecified atom stereocenters. The molecule has 26 nitrogen and oxygen atoms in total. The first-order valence-electron chi connectivity index (χ1n) is 17.1. The fraction of sp³-hybridized carbons (Fsp3) is 0.194. The van der Waals surface area contributed by atoms with E-state index in [1.807, 2.05) is 91.0 Å². The summed E-state index contributed by atoms with van der Waals surface area (Å²) in [6, 6.07) is 28.6. The van der Waals surface area contributed by atoms with Gasteiger partial charge in [-0.1, -0.05) is 30.3 Å². The number of phosphoric acid groups is 6. The predicted octanol–water partition coefficient (Wildman–Crippen LogP) is 5.41. The Morgan fingerprint density at radius 2 is 0.381 bits per heavy atom. The van der Waals surface area contributed by atoms with Gasteiger partial charge in [0, 0.05) is 62.0 Å². The molecule has 3 saturated heterocycles. The number of hydrogen-bond acceptors (Lipinski definition) is 20. The highest BCUT2D eigenvalue weighted by Gasteiger charge is 2.68. The molecule has 0 bridgehead atoms. The van der Waals surface area contributed by atoms with Crippen LogP contribution >= 0.6 is 46.9 Å². The van der Waals surface area contributed by atoms with Crippen molar-refractivity contribution in [3.05, 3.63) is 153 Å². The van der Waals surface area contributed by atoms with Gasteiger partial charge in [0.1, 0.15) is 36.6 Å². The lowest BCUT2D eigenvalue weighted by Crippen LogP contribution is -2.65. The van der Waals surface area contributed by atoms with Crippen LogP contribution in [0.5, 0.6) is 0 Å². The van der Waals surface area contributed by atoms with Gasteiger partial charge in [0.25, 0.3) is 0 Å². The Bertz CT molecular complexity index is 1830. The topological polar surface area (TPSA) is 371 Å². The Kier molecular flexibility index (Phi) is 20.0. The number of phosphoric ester groups is 6. The average Bonchev–Trinajstić information content (AvgIpc) is 3.48. The molecule has 9 rings (SSSR count). The van der Waals surface area contributed by atoms with E-state index in [1.54, 1.807) is 62.0 Å². The summed E-state index contributed by atoms with van der Waals surface area (Å²) in [4.78, 5) is 77.2. The van der Waals surface area contributed by atoms with E-state index in [-0.39, 0.29) is 0 Å². The van der Waals surface area contributed by atoms with Gasteiger partial charge in [-0.15, -0.1) is 0 Å². The highest BCUT2D eigenvalue weighted by atomic mass is 31.3. The fourth-order valence-corrected chi connectivity index (χ4v) is 12.2. The molecule has 0 spiro atoms. The minimum Gasteiger partial charge on any atom is -0.302 e. The standard InChI is InChI=1S/C6H12O21P6.5C5H5N/c7-28(8)19-1-2(20-29(9,10)25-28)4-6(24-33(17,18)27-32(15,16)23-4)5-3(1)21-30(11,12)26-31(13,14)22-5;5*1-2-4-6-5-3-1/h1-6H,(H,7,8)(H,9,10)(H,11,12)(H,13,14)(H,15,16)(H,17,18);5*1-5H. The van der Waals surface area contributed by atoms with Crippen LogP contribution in [0.4, 0.5) is 0 Å². The maximum atomic E-state index is 12.1. The van der Waals surface area contributed by atoms with Gasteiger partial charge < -0.3 is 29.4 Å². The molecule has 0 radical (unpaired) electrons. The summed E-state index contributed by atoms with van der Waals surface area (Å²) in [6.07, 6.45) is 3.07. The largest absolute Gasteiger partial charge is 0.481 e. The van der Waals surface area contributed by atoms with Crippen molar-refractivity contribution in [2.45, 2.75) is 36.6 Å². The van der Waals surface area contributed by atoms with Gasteiger partial charge in [-0.3, -0.25) is 52.1 Å². The third-order valence-corrected chi connectivity index (χ3v) is 14.9. The number of aromatic nitrogens is 5. The normalized spacial score (nSPS) is 36.3. The Labute approximate surface area is 357 Å². The number of hydrogen-bond donors (Lipinski definition) is 6. The molecule has 4 fully saturated rings. The van der Waals surface area contributed by atoms with Gasteiger partial charge in [-0.2, -0.15) is 12.9 Å². The van der Waals surface area contributed by atoms with Crippen LogP contribution in [0, 0.1) is 0 Å². The third-order valence-electron chi connectivity index (χ3n) is 6.92. The quantitative estimate of drug-likeness (QED) is 0.106. The van der Waals surface area contributed by atoms with Crippen molar-refractivity contribution in [1.29, 1.82) is 0 Å². The molecular weight excluding hydrogens is 964 g/mol. The van der Waals surface area contributed by atoms with Gasteiger partial charge in [0.2, 0.25) is 0 Å². The molecule has 32 heteroatoms. The molecule has 8 heterocycles. The van der Waals surface area contributed by atoms with E-state index in [9.17, 15) is 56.8 Å². The summed E-state index contributed by atoms with van der Waals surface area (Å²) in [5.41, 5.74) is 0. The van der Waals surface area contributed by atoms with E-state index in [4.69, 9.17) is 0 Å². The summed E-state index contributed by atoms with van der Waals surface area (Å²) >= 11 is 0. The van der Waals surface area contributed by atoms with Crippen molar-refractivity contribution in [3.63, 3.8) is 0 Å². The number of nitrogens with zero attached hydrogens (tertiary/aromatic N) is 5. The SMILES string of the molecule is O=P1(O)OC2C3OP(=O)(O)OP(=O)(O)OC3C3OP(=O)(O)OP(=O)(O)OC3C2OP(=O)(O)O1.c1ccncc1.c1ccncc1.c1ccncc1.c1ccncc1.c1ccncc1. The van der Waals surface area contributed by atoms with E-state index in [0.717, 1.165) is 0 Å². The highest BCUT2D eigenvalue weighted by molar-refractivity contribution is 7.62. The van der Waals surface area contributed by atoms with Crippen molar-refractivity contribution >= 4 is 46.9 Å². The van der Waals surface area contributed by atoms with Crippen molar-refractivity contribution in [3.8, 4) is 0 Å². The van der Waals surface area contributed by atoms with Crippen LogP contribution in [-0.4, -0.2) is 90.9 Å². The van der Waals surface area contributed by atoms with Crippen molar-refractivity contribution in [2.24, 2.45) is 0 Å². The number of pyridine rings is 5. The lowest BCUT2D eigenvalue weighted by Gasteiger charge is -2.45. The Balaban J connectivity index is 0.000000228. The monoisotopic (exact) mass is 1000 g/mol. The van der Waals surface area contributed by atoms with Gasteiger partial charge in [-0.25, -0.2) is 27.4 Å². The molecule has 6 atom stereocenters. The van der Waals surface area contributed by atoms with E-state index < -0.39 is 83.6 Å². The molecule has 4 aliphatic rings. The van der Waals surface area contributed by atoms with Gasteiger partial charge in [0.15, 0.2) is 0 Å². The summed E-state index contributed by atoms with van der Waals surface area (Å²) in [6.45, 7) is 0. The molecule has 0 aromatic carbocycles. The molecule has 5 aromatic heterocycles. The minimum atomic E-state index is -5.59. The minimum absolute atomic E-state index is 1.75. The predicted molar refractivity (Wildman–Crippen MR) is 213 cm³/mol. The summed E-state index contributed by atoms with van der Waals surface area (Å²) in [7, 11) is -33.5. The van der Waals surface area contributed by atoms with Crippen LogP contribution < -0.4 is 0 Å². The molecule has 0 amide bonds. The molecule has 3 aliphatic heterocycles. The van der Waals surface area contributed by atoms with Crippen LogP contribution in [0.25, 0.3) is 0 Å². The molecule has 5 aromatic rings. The zero-order valence-electron chi connectivity index (χ0n) is 31.6. The van der Waals surface area contributed by atoms with Crippen LogP contribution in [0.15, 0.2) is 153 Å². The lowest BCUT2D eigenvalue weighted by atomic mass is 9.85. The average molecular weight is 1000 g/mol. The number of fused-ring (bicyclic) bond motifs is 6. The molecule has 63 heavy (non-hydrogen) atoms. The molecule has 342 valence electrons.